The van der Waals surface area contributed by atoms with Gasteiger partial charge in [0.2, 0.25) is 0 Å². The molecule has 76 valence electrons. The van der Waals surface area contributed by atoms with Crippen LogP contribution in [-0.2, 0) is 11.3 Å². The molecule has 0 bridgehead atoms. The maximum atomic E-state index is 10.5. The van der Waals surface area contributed by atoms with Crippen molar-refractivity contribution >= 4 is 11.9 Å². The van der Waals surface area contributed by atoms with Gasteiger partial charge in [0.15, 0.2) is 5.69 Å². The second kappa shape index (κ2) is 3.86. The van der Waals surface area contributed by atoms with Gasteiger partial charge in [-0.1, -0.05) is 5.21 Å². The Morgan fingerprint density at radius 2 is 2.07 bits per heavy atom. The fraction of sp³-hybridized carbons (Fsp3) is 0.429. The number of rotatable bonds is 4. The molecule has 7 heteroatoms. The summed E-state index contributed by atoms with van der Waals surface area (Å²) in [7, 11) is 0. The van der Waals surface area contributed by atoms with Crippen LogP contribution in [-0.4, -0.2) is 37.1 Å². The van der Waals surface area contributed by atoms with Crippen LogP contribution < -0.4 is 0 Å². The Morgan fingerprint density at radius 1 is 1.43 bits per heavy atom. The molecule has 1 heterocycles. The summed E-state index contributed by atoms with van der Waals surface area (Å²) in [6.45, 7) is 1.66. The molecule has 0 aliphatic rings. The third kappa shape index (κ3) is 2.06. The average molecular weight is 199 g/mol. The van der Waals surface area contributed by atoms with E-state index in [1.807, 2.05) is 0 Å². The fourth-order valence-electron chi connectivity index (χ4n) is 0.972. The Morgan fingerprint density at radius 3 is 2.50 bits per heavy atom. The van der Waals surface area contributed by atoms with Crippen LogP contribution >= 0.6 is 0 Å². The standard InChI is InChI=1S/C7H9N3O4/c1-4-6(7(13)14)8-9-10(4)3-2-5(11)12/h2-3H2,1H3,(H,11,12)(H,13,14). The summed E-state index contributed by atoms with van der Waals surface area (Å²) in [5, 5.41) is 24.0. The monoisotopic (exact) mass is 199 g/mol. The minimum Gasteiger partial charge on any atom is -0.481 e. The highest BCUT2D eigenvalue weighted by Gasteiger charge is 2.14. The van der Waals surface area contributed by atoms with Gasteiger partial charge in [-0.15, -0.1) is 5.10 Å². The van der Waals surface area contributed by atoms with Gasteiger partial charge in [0, 0.05) is 0 Å². The van der Waals surface area contributed by atoms with Crippen LogP contribution in [0.4, 0.5) is 0 Å². The van der Waals surface area contributed by atoms with Crippen LogP contribution in [0.5, 0.6) is 0 Å². The van der Waals surface area contributed by atoms with Crippen molar-refractivity contribution in [2.45, 2.75) is 19.9 Å². The topological polar surface area (TPSA) is 105 Å². The number of hydrogen-bond acceptors (Lipinski definition) is 4. The molecule has 0 aliphatic heterocycles. The number of carboxylic acids is 2. The van der Waals surface area contributed by atoms with E-state index in [1.165, 1.54) is 11.6 Å². The molecule has 0 saturated heterocycles. The Hall–Kier alpha value is -1.92. The van der Waals surface area contributed by atoms with Gasteiger partial charge in [-0.05, 0) is 6.92 Å². The lowest BCUT2D eigenvalue weighted by Gasteiger charge is -1.99. The van der Waals surface area contributed by atoms with Crippen molar-refractivity contribution in [3.63, 3.8) is 0 Å². The minimum atomic E-state index is -1.16. The summed E-state index contributed by atoms with van der Waals surface area (Å²) in [6.07, 6.45) is -0.108. The number of aryl methyl sites for hydroxylation is 1. The molecule has 0 aromatic carbocycles. The average Bonchev–Trinajstić information content (AvgIpc) is 2.43. The lowest BCUT2D eigenvalue weighted by Crippen LogP contribution is -2.08. The quantitative estimate of drug-likeness (QED) is 0.693. The minimum absolute atomic E-state index is 0.108. The molecular formula is C7H9N3O4. The molecule has 7 nitrogen and oxygen atoms in total. The molecule has 0 atom stereocenters. The number of hydrogen-bond donors (Lipinski definition) is 2. The first kappa shape index (κ1) is 10.2. The van der Waals surface area contributed by atoms with Gasteiger partial charge < -0.3 is 10.2 Å². The lowest BCUT2D eigenvalue weighted by molar-refractivity contribution is -0.137. The van der Waals surface area contributed by atoms with Gasteiger partial charge in [0.25, 0.3) is 0 Å². The van der Waals surface area contributed by atoms with E-state index in [-0.39, 0.29) is 18.7 Å². The van der Waals surface area contributed by atoms with Crippen molar-refractivity contribution in [1.29, 1.82) is 0 Å². The third-order valence-electron chi connectivity index (χ3n) is 1.72. The van der Waals surface area contributed by atoms with E-state index >= 15 is 0 Å². The molecule has 1 rings (SSSR count). The van der Waals surface area contributed by atoms with Crippen LogP contribution in [0.2, 0.25) is 0 Å². The smallest absolute Gasteiger partial charge is 0.358 e. The number of carboxylic acid groups (broad SMARTS) is 2. The van der Waals surface area contributed by atoms with Crippen molar-refractivity contribution in [3.05, 3.63) is 11.4 Å². The predicted molar refractivity (Wildman–Crippen MR) is 44.0 cm³/mol. The SMILES string of the molecule is Cc1c(C(=O)O)nnn1CCC(=O)O. The molecule has 0 radical (unpaired) electrons. The Labute approximate surface area is 79.0 Å². The number of aromatic carboxylic acids is 1. The highest BCUT2D eigenvalue weighted by atomic mass is 16.4. The summed E-state index contributed by atoms with van der Waals surface area (Å²) in [4.78, 5) is 20.8. The van der Waals surface area contributed by atoms with Crippen LogP contribution in [0, 0.1) is 6.92 Å². The van der Waals surface area contributed by atoms with E-state index < -0.39 is 11.9 Å². The largest absolute Gasteiger partial charge is 0.481 e. The molecule has 0 unspecified atom stereocenters. The Balaban J connectivity index is 2.79. The number of aromatic nitrogens is 3. The summed E-state index contributed by atoms with van der Waals surface area (Å²) in [5.41, 5.74) is 0.217. The Bertz CT molecular complexity index is 371. The maximum Gasteiger partial charge on any atom is 0.358 e. The van der Waals surface area contributed by atoms with Crippen molar-refractivity contribution in [3.8, 4) is 0 Å². The number of nitrogens with zero attached hydrogens (tertiary/aromatic N) is 3. The first-order chi connectivity index (χ1) is 6.52. The van der Waals surface area contributed by atoms with Gasteiger partial charge >= 0.3 is 11.9 Å². The highest BCUT2D eigenvalue weighted by Crippen LogP contribution is 2.03. The normalized spacial score (nSPS) is 10.1. The van der Waals surface area contributed by atoms with Crippen molar-refractivity contribution < 1.29 is 19.8 Å². The molecule has 2 N–H and O–H groups in total. The van der Waals surface area contributed by atoms with Crippen molar-refractivity contribution in [1.82, 2.24) is 15.0 Å². The summed E-state index contributed by atoms with van der Waals surface area (Å²) < 4.78 is 1.26. The van der Waals surface area contributed by atoms with Gasteiger partial charge in [-0.2, -0.15) is 0 Å². The third-order valence-corrected chi connectivity index (χ3v) is 1.72. The van der Waals surface area contributed by atoms with Crippen molar-refractivity contribution in [2.24, 2.45) is 0 Å². The van der Waals surface area contributed by atoms with Crippen LogP contribution in [0.25, 0.3) is 0 Å². The zero-order valence-corrected chi connectivity index (χ0v) is 7.47. The van der Waals surface area contributed by atoms with Crippen LogP contribution in [0.3, 0.4) is 0 Å². The van der Waals surface area contributed by atoms with Gasteiger partial charge in [0.05, 0.1) is 18.7 Å². The second-order valence-electron chi connectivity index (χ2n) is 2.70. The van der Waals surface area contributed by atoms with Gasteiger partial charge in [-0.25, -0.2) is 9.48 Å². The van der Waals surface area contributed by atoms with E-state index in [4.69, 9.17) is 10.2 Å². The highest BCUT2D eigenvalue weighted by molar-refractivity contribution is 5.86. The molecule has 0 amide bonds. The summed E-state index contributed by atoms with van der Waals surface area (Å²) in [5.74, 6) is -2.12. The predicted octanol–water partition coefficient (Wildman–Crippen LogP) is -0.241. The summed E-state index contributed by atoms with van der Waals surface area (Å²) in [6, 6.07) is 0. The molecule has 1 aromatic rings. The zero-order chi connectivity index (χ0) is 10.7. The first-order valence-corrected chi connectivity index (χ1v) is 3.87. The van der Waals surface area contributed by atoms with E-state index in [9.17, 15) is 9.59 Å². The first-order valence-electron chi connectivity index (χ1n) is 3.87. The maximum absolute atomic E-state index is 10.5. The Kier molecular flexibility index (Phi) is 2.80. The zero-order valence-electron chi connectivity index (χ0n) is 7.47. The van der Waals surface area contributed by atoms with E-state index in [1.54, 1.807) is 0 Å². The summed E-state index contributed by atoms with van der Waals surface area (Å²) >= 11 is 0. The molecule has 1 aromatic heterocycles. The van der Waals surface area contributed by atoms with Gasteiger partial charge in [0.1, 0.15) is 0 Å². The number of aliphatic carboxylic acids is 1. The second-order valence-corrected chi connectivity index (χ2v) is 2.70. The molecule has 0 saturated carbocycles. The van der Waals surface area contributed by atoms with E-state index in [0.29, 0.717) is 5.69 Å². The van der Waals surface area contributed by atoms with E-state index in [0.717, 1.165) is 0 Å². The molecule has 14 heavy (non-hydrogen) atoms. The van der Waals surface area contributed by atoms with Crippen LogP contribution in [0.1, 0.15) is 22.6 Å². The van der Waals surface area contributed by atoms with E-state index in [2.05, 4.69) is 10.3 Å². The van der Waals surface area contributed by atoms with Gasteiger partial charge in [-0.3, -0.25) is 4.79 Å². The fourth-order valence-corrected chi connectivity index (χ4v) is 0.972. The lowest BCUT2D eigenvalue weighted by atomic mass is 10.3. The number of carbonyl (C=O) groups is 2. The molecular weight excluding hydrogens is 190 g/mol. The van der Waals surface area contributed by atoms with Crippen LogP contribution in [0.15, 0.2) is 0 Å². The molecule has 0 spiro atoms. The molecule has 0 fully saturated rings. The van der Waals surface area contributed by atoms with Crippen molar-refractivity contribution in [2.75, 3.05) is 0 Å². The molecule has 0 aliphatic carbocycles.